The molecule has 1 fully saturated rings. The number of carboxylic acids is 1. The summed E-state index contributed by atoms with van der Waals surface area (Å²) >= 11 is 0. The average molecular weight is 765 g/mol. The molecule has 3 amide bonds. The molecule has 14 heteroatoms. The number of carbonyl (C=O) groups excluding carboxylic acids is 3. The van der Waals surface area contributed by atoms with E-state index in [4.69, 9.17) is 23.7 Å². The lowest BCUT2D eigenvalue weighted by Crippen LogP contribution is -2.50. The predicted molar refractivity (Wildman–Crippen MR) is 205 cm³/mol. The standard InChI is InChI=1S/C42H44N4O10/c1-42(2)55-35(36(56-42)37(47)48)34(44-39(49)54-26-33-31-20-11-9-18-29(31)30-19-10-12-21-32(30)33)22-13-23-43-38(45-40(50)52-24-27-14-5-3-6-15-27)46-41(51)53-25-28-16-7-4-8-17-28/h3-12,14-21,33-36H,13,22-26H2,1-2H3,(H,44,49)(H,47,48)(H2,43,45,46,50,51)/t34-,35+,36+/m0/s1. The van der Waals surface area contributed by atoms with E-state index in [0.29, 0.717) is 0 Å². The van der Waals surface area contributed by atoms with Gasteiger partial charge in [0.1, 0.15) is 25.9 Å². The van der Waals surface area contributed by atoms with Crippen LogP contribution in [-0.4, -0.2) is 72.5 Å². The summed E-state index contributed by atoms with van der Waals surface area (Å²) in [6.07, 6.45) is -4.56. The van der Waals surface area contributed by atoms with Gasteiger partial charge >= 0.3 is 24.2 Å². The van der Waals surface area contributed by atoms with Crippen molar-refractivity contribution in [3.63, 3.8) is 0 Å². The zero-order valence-electron chi connectivity index (χ0n) is 31.0. The van der Waals surface area contributed by atoms with Gasteiger partial charge in [-0.1, -0.05) is 109 Å². The number of ether oxygens (including phenoxy) is 5. The molecule has 56 heavy (non-hydrogen) atoms. The Bertz CT molecular complexity index is 1920. The molecule has 1 heterocycles. The molecule has 0 radical (unpaired) electrons. The van der Waals surface area contributed by atoms with Crippen molar-refractivity contribution in [1.29, 1.82) is 0 Å². The van der Waals surface area contributed by atoms with Crippen LogP contribution in [0.4, 0.5) is 14.4 Å². The highest BCUT2D eigenvalue weighted by atomic mass is 16.8. The summed E-state index contributed by atoms with van der Waals surface area (Å²) in [5.41, 5.74) is 5.76. The fourth-order valence-electron chi connectivity index (χ4n) is 6.71. The van der Waals surface area contributed by atoms with Crippen LogP contribution in [0.3, 0.4) is 0 Å². The first-order valence-electron chi connectivity index (χ1n) is 18.3. The Morgan fingerprint density at radius 3 is 1.77 bits per heavy atom. The molecule has 1 aliphatic carbocycles. The average Bonchev–Trinajstić information content (AvgIpc) is 3.71. The SMILES string of the molecule is CC1(C)O[C@H]([C@H](CCCN=C(NC(=O)OCc2ccccc2)NC(=O)OCc2ccccc2)NC(=O)OCC2c3ccccc3-c3ccccc32)[C@H](C(=O)O)O1. The van der Waals surface area contributed by atoms with Gasteiger partial charge in [0.15, 0.2) is 11.9 Å². The number of alkyl carbamates (subject to hydrolysis) is 3. The van der Waals surface area contributed by atoms with Gasteiger partial charge in [-0.05, 0) is 60.1 Å². The van der Waals surface area contributed by atoms with E-state index in [1.165, 1.54) is 0 Å². The molecule has 1 aliphatic heterocycles. The summed E-state index contributed by atoms with van der Waals surface area (Å²) in [6.45, 7) is 3.21. The fraction of sp³-hybridized carbons (Fsp3) is 0.310. The minimum Gasteiger partial charge on any atom is -0.479 e. The maximum Gasteiger partial charge on any atom is 0.414 e. The first kappa shape index (κ1) is 39.4. The van der Waals surface area contributed by atoms with Gasteiger partial charge < -0.3 is 34.1 Å². The number of amides is 3. The molecule has 6 rings (SSSR count). The number of guanidine groups is 1. The number of hydrogen-bond donors (Lipinski definition) is 4. The van der Waals surface area contributed by atoms with Crippen molar-refractivity contribution in [2.75, 3.05) is 13.2 Å². The maximum atomic E-state index is 13.4. The number of nitrogens with zero attached hydrogens (tertiary/aromatic N) is 1. The summed E-state index contributed by atoms with van der Waals surface area (Å²) in [5.74, 6) is -2.91. The second-order valence-corrected chi connectivity index (χ2v) is 13.7. The van der Waals surface area contributed by atoms with E-state index in [1.807, 2.05) is 84.9 Å². The molecule has 0 bridgehead atoms. The van der Waals surface area contributed by atoms with Gasteiger partial charge in [0.05, 0.1) is 6.04 Å². The molecule has 0 spiro atoms. The minimum absolute atomic E-state index is 0.0187. The summed E-state index contributed by atoms with van der Waals surface area (Å²) in [4.78, 5) is 55.5. The third-order valence-electron chi connectivity index (χ3n) is 9.23. The van der Waals surface area contributed by atoms with Gasteiger partial charge in [-0.25, -0.2) is 19.2 Å². The molecular weight excluding hydrogens is 720 g/mol. The van der Waals surface area contributed by atoms with Crippen LogP contribution in [0, 0.1) is 0 Å². The zero-order valence-corrected chi connectivity index (χ0v) is 31.0. The van der Waals surface area contributed by atoms with E-state index in [1.54, 1.807) is 38.1 Å². The van der Waals surface area contributed by atoms with Crippen LogP contribution in [0.15, 0.2) is 114 Å². The van der Waals surface area contributed by atoms with Crippen molar-refractivity contribution < 1.29 is 48.0 Å². The third-order valence-corrected chi connectivity index (χ3v) is 9.23. The van der Waals surface area contributed by atoms with Crippen LogP contribution in [0.1, 0.15) is 54.9 Å². The molecule has 14 nitrogen and oxygen atoms in total. The van der Waals surface area contributed by atoms with E-state index in [2.05, 4.69) is 20.9 Å². The number of carboxylic acid groups (broad SMARTS) is 1. The van der Waals surface area contributed by atoms with E-state index in [-0.39, 0.29) is 51.1 Å². The first-order valence-corrected chi connectivity index (χ1v) is 18.3. The normalized spacial score (nSPS) is 17.0. The van der Waals surface area contributed by atoms with Gasteiger partial charge in [-0.15, -0.1) is 0 Å². The largest absolute Gasteiger partial charge is 0.479 e. The highest BCUT2D eigenvalue weighted by Gasteiger charge is 2.49. The van der Waals surface area contributed by atoms with Gasteiger partial charge in [-0.3, -0.25) is 15.6 Å². The lowest BCUT2D eigenvalue weighted by atomic mass is 9.98. The number of fused-ring (bicyclic) bond motifs is 3. The van der Waals surface area contributed by atoms with Crippen LogP contribution in [-0.2, 0) is 41.7 Å². The second kappa shape index (κ2) is 18.4. The van der Waals surface area contributed by atoms with E-state index >= 15 is 0 Å². The Balaban J connectivity index is 1.12. The molecule has 2 aliphatic rings. The summed E-state index contributed by atoms with van der Waals surface area (Å²) in [6, 6.07) is 33.1. The highest BCUT2D eigenvalue weighted by Crippen LogP contribution is 2.44. The van der Waals surface area contributed by atoms with Gasteiger partial charge in [0.25, 0.3) is 0 Å². The highest BCUT2D eigenvalue weighted by molar-refractivity contribution is 6.01. The molecule has 1 saturated heterocycles. The van der Waals surface area contributed by atoms with Crippen LogP contribution >= 0.6 is 0 Å². The molecule has 0 aromatic heterocycles. The van der Waals surface area contributed by atoms with E-state index < -0.39 is 48.3 Å². The van der Waals surface area contributed by atoms with Gasteiger partial charge in [0, 0.05) is 12.5 Å². The second-order valence-electron chi connectivity index (χ2n) is 13.7. The van der Waals surface area contributed by atoms with Crippen LogP contribution < -0.4 is 16.0 Å². The fourth-order valence-corrected chi connectivity index (χ4v) is 6.71. The number of benzene rings is 4. The first-order chi connectivity index (χ1) is 27.1. The molecule has 292 valence electrons. The van der Waals surface area contributed by atoms with Crippen molar-refractivity contribution in [1.82, 2.24) is 16.0 Å². The zero-order chi connectivity index (χ0) is 39.5. The Labute approximate surface area is 324 Å². The van der Waals surface area contributed by atoms with Crippen molar-refractivity contribution in [2.24, 2.45) is 4.99 Å². The maximum absolute atomic E-state index is 13.4. The topological polar surface area (TPSA) is 183 Å². The number of nitrogens with one attached hydrogen (secondary N) is 3. The summed E-state index contributed by atoms with van der Waals surface area (Å²) in [5, 5.41) is 17.7. The van der Waals surface area contributed by atoms with Crippen LogP contribution in [0.5, 0.6) is 0 Å². The number of aliphatic carboxylic acids is 1. The van der Waals surface area contributed by atoms with Gasteiger partial charge in [0.2, 0.25) is 5.96 Å². The number of aliphatic imine (C=N–C) groups is 1. The summed E-state index contributed by atoms with van der Waals surface area (Å²) < 4.78 is 28.1. The molecule has 4 aromatic carbocycles. The smallest absolute Gasteiger partial charge is 0.414 e. The van der Waals surface area contributed by atoms with E-state index in [9.17, 15) is 24.3 Å². The molecule has 4 N–H and O–H groups in total. The van der Waals surface area contributed by atoms with Crippen LogP contribution in [0.2, 0.25) is 0 Å². The monoisotopic (exact) mass is 764 g/mol. The van der Waals surface area contributed by atoms with Crippen molar-refractivity contribution >= 4 is 30.2 Å². The van der Waals surface area contributed by atoms with Crippen molar-refractivity contribution in [2.45, 2.75) is 69.9 Å². The molecule has 0 unspecified atom stereocenters. The van der Waals surface area contributed by atoms with Crippen LogP contribution in [0.25, 0.3) is 11.1 Å². The third kappa shape index (κ3) is 10.5. The molecule has 0 saturated carbocycles. The van der Waals surface area contributed by atoms with E-state index in [0.717, 1.165) is 33.4 Å². The lowest BCUT2D eigenvalue weighted by molar-refractivity contribution is -0.166. The van der Waals surface area contributed by atoms with Gasteiger partial charge in [-0.2, -0.15) is 0 Å². The minimum atomic E-state index is -1.38. The summed E-state index contributed by atoms with van der Waals surface area (Å²) in [7, 11) is 0. The lowest BCUT2D eigenvalue weighted by Gasteiger charge is -2.26. The Kier molecular flexibility index (Phi) is 13.0. The number of rotatable bonds is 13. The number of hydrogen-bond acceptors (Lipinski definition) is 10. The molecule has 3 atom stereocenters. The number of carbonyl (C=O) groups is 4. The molecule has 4 aromatic rings. The Morgan fingerprint density at radius 1 is 0.714 bits per heavy atom. The van der Waals surface area contributed by atoms with Crippen molar-refractivity contribution in [3.05, 3.63) is 131 Å². The Morgan fingerprint density at radius 2 is 1.23 bits per heavy atom. The van der Waals surface area contributed by atoms with Crippen molar-refractivity contribution in [3.8, 4) is 11.1 Å². The quantitative estimate of drug-likeness (QED) is 0.0508. The Hall–Kier alpha value is -6.25. The molecular formula is C42H44N4O10. The predicted octanol–water partition coefficient (Wildman–Crippen LogP) is 6.49.